The Balaban J connectivity index is 3.15. The highest BCUT2D eigenvalue weighted by Gasteiger charge is 2.00. The van der Waals surface area contributed by atoms with Gasteiger partial charge in [0, 0.05) is 12.0 Å². The third-order valence-electron chi connectivity index (χ3n) is 3.78. The highest BCUT2D eigenvalue weighted by molar-refractivity contribution is 7.90. The van der Waals surface area contributed by atoms with Gasteiger partial charge in [-0.05, 0) is 32.1 Å². The van der Waals surface area contributed by atoms with Crippen LogP contribution in [0.1, 0.15) is 90.4 Å². The number of hydrogen-bond donors (Lipinski definition) is 0. The summed E-state index contributed by atoms with van der Waals surface area (Å²) >= 11 is 0. The third kappa shape index (κ3) is 19.7. The van der Waals surface area contributed by atoms with Gasteiger partial charge in [0.1, 0.15) is 9.84 Å². The zero-order valence-corrected chi connectivity index (χ0v) is 15.1. The van der Waals surface area contributed by atoms with E-state index in [0.717, 1.165) is 12.8 Å². The van der Waals surface area contributed by atoms with Crippen molar-refractivity contribution in [3.8, 4) is 0 Å². The normalized spacial score (nSPS) is 12.3. The maximum atomic E-state index is 11.0. The predicted octanol–water partition coefficient (Wildman–Crippen LogP) is 5.68. The molecule has 0 saturated carbocycles. The van der Waals surface area contributed by atoms with Crippen LogP contribution < -0.4 is 0 Å². The van der Waals surface area contributed by atoms with E-state index in [1.54, 1.807) is 0 Å². The SMILES string of the molecule is CCCCCCCC/C=C\CCCCCCCS(C)(=O)=O. The lowest BCUT2D eigenvalue weighted by Crippen LogP contribution is -2.02. The first-order valence-corrected chi connectivity index (χ1v) is 10.9. The standard InChI is InChI=1S/C18H36O2S/c1-3-4-5-6-7-8-9-10-11-12-13-14-15-16-17-18-21(2,19)20/h10-11H,3-9,12-18H2,1-2H3/b11-10-. The van der Waals surface area contributed by atoms with Gasteiger partial charge >= 0.3 is 0 Å². The Kier molecular flexibility index (Phi) is 14.4. The Labute approximate surface area is 133 Å². The van der Waals surface area contributed by atoms with Crippen molar-refractivity contribution in [1.29, 1.82) is 0 Å². The van der Waals surface area contributed by atoms with Gasteiger partial charge in [-0.1, -0.05) is 70.4 Å². The third-order valence-corrected chi connectivity index (χ3v) is 4.81. The molecule has 0 aromatic heterocycles. The van der Waals surface area contributed by atoms with Crippen LogP contribution in [0.2, 0.25) is 0 Å². The fourth-order valence-corrected chi connectivity index (χ4v) is 3.16. The molecule has 0 saturated heterocycles. The number of rotatable bonds is 15. The van der Waals surface area contributed by atoms with Crippen LogP contribution in [0.4, 0.5) is 0 Å². The Morgan fingerprint density at radius 3 is 1.57 bits per heavy atom. The second-order valence-corrected chi connectivity index (χ2v) is 8.47. The van der Waals surface area contributed by atoms with Crippen molar-refractivity contribution in [3.63, 3.8) is 0 Å². The highest BCUT2D eigenvalue weighted by Crippen LogP contribution is 2.09. The lowest BCUT2D eigenvalue weighted by Gasteiger charge is -2.00. The molecule has 0 aromatic carbocycles. The molecule has 0 aromatic rings. The lowest BCUT2D eigenvalue weighted by atomic mass is 10.1. The summed E-state index contributed by atoms with van der Waals surface area (Å²) in [4.78, 5) is 0. The lowest BCUT2D eigenvalue weighted by molar-refractivity contribution is 0.590. The van der Waals surface area contributed by atoms with Gasteiger partial charge in [-0.2, -0.15) is 0 Å². The van der Waals surface area contributed by atoms with Crippen molar-refractivity contribution in [3.05, 3.63) is 12.2 Å². The topological polar surface area (TPSA) is 34.1 Å². The monoisotopic (exact) mass is 316 g/mol. The average Bonchev–Trinajstić information content (AvgIpc) is 2.42. The van der Waals surface area contributed by atoms with Crippen LogP contribution in [0.25, 0.3) is 0 Å². The molecule has 0 rings (SSSR count). The van der Waals surface area contributed by atoms with Crippen LogP contribution in [-0.4, -0.2) is 20.4 Å². The molecule has 126 valence electrons. The minimum Gasteiger partial charge on any atom is -0.229 e. The zero-order chi connectivity index (χ0) is 15.8. The van der Waals surface area contributed by atoms with Gasteiger partial charge in [-0.3, -0.25) is 0 Å². The number of unbranched alkanes of at least 4 members (excludes halogenated alkanes) is 11. The van der Waals surface area contributed by atoms with Crippen LogP contribution in [0.15, 0.2) is 12.2 Å². The van der Waals surface area contributed by atoms with Gasteiger partial charge in [0.25, 0.3) is 0 Å². The summed E-state index contributed by atoms with van der Waals surface area (Å²) in [7, 11) is -2.75. The first-order chi connectivity index (χ1) is 10.1. The maximum Gasteiger partial charge on any atom is 0.147 e. The van der Waals surface area contributed by atoms with Crippen molar-refractivity contribution >= 4 is 9.84 Å². The Morgan fingerprint density at radius 1 is 0.667 bits per heavy atom. The van der Waals surface area contributed by atoms with Crippen LogP contribution in [0.5, 0.6) is 0 Å². The largest absolute Gasteiger partial charge is 0.229 e. The highest BCUT2D eigenvalue weighted by atomic mass is 32.2. The Morgan fingerprint density at radius 2 is 1.10 bits per heavy atom. The molecule has 0 aliphatic rings. The van der Waals surface area contributed by atoms with E-state index in [9.17, 15) is 8.42 Å². The zero-order valence-electron chi connectivity index (χ0n) is 14.3. The van der Waals surface area contributed by atoms with Crippen molar-refractivity contribution in [2.45, 2.75) is 90.4 Å². The number of allylic oxidation sites excluding steroid dienone is 2. The summed E-state index contributed by atoms with van der Waals surface area (Å²) in [5, 5.41) is 0. The molecular formula is C18H36O2S. The first-order valence-electron chi connectivity index (χ1n) is 8.89. The molecule has 21 heavy (non-hydrogen) atoms. The second kappa shape index (κ2) is 14.6. The Bertz CT molecular complexity index is 331. The molecule has 2 nitrogen and oxygen atoms in total. The van der Waals surface area contributed by atoms with Gasteiger partial charge in [0.15, 0.2) is 0 Å². The predicted molar refractivity (Wildman–Crippen MR) is 94.5 cm³/mol. The van der Waals surface area contributed by atoms with E-state index in [2.05, 4.69) is 19.1 Å². The quantitative estimate of drug-likeness (QED) is 0.288. The molecular weight excluding hydrogens is 280 g/mol. The fraction of sp³-hybridized carbons (Fsp3) is 0.889. The summed E-state index contributed by atoms with van der Waals surface area (Å²) in [6, 6.07) is 0. The van der Waals surface area contributed by atoms with Gasteiger partial charge in [-0.25, -0.2) is 8.42 Å². The summed E-state index contributed by atoms with van der Waals surface area (Å²) in [5.41, 5.74) is 0. The smallest absolute Gasteiger partial charge is 0.147 e. The van der Waals surface area contributed by atoms with Crippen molar-refractivity contribution in [2.75, 3.05) is 12.0 Å². The number of sulfone groups is 1. The van der Waals surface area contributed by atoms with Crippen LogP contribution >= 0.6 is 0 Å². The van der Waals surface area contributed by atoms with Gasteiger partial charge in [-0.15, -0.1) is 0 Å². The van der Waals surface area contributed by atoms with E-state index in [0.29, 0.717) is 5.75 Å². The molecule has 0 atom stereocenters. The molecule has 0 aliphatic heterocycles. The van der Waals surface area contributed by atoms with Gasteiger partial charge < -0.3 is 0 Å². The molecule has 0 aliphatic carbocycles. The first kappa shape index (κ1) is 20.7. The molecule has 0 spiro atoms. The van der Waals surface area contributed by atoms with Gasteiger partial charge in [0.2, 0.25) is 0 Å². The molecule has 0 N–H and O–H groups in total. The Hall–Kier alpha value is -0.310. The molecule has 3 heteroatoms. The maximum absolute atomic E-state index is 11.0. The van der Waals surface area contributed by atoms with Crippen molar-refractivity contribution in [2.24, 2.45) is 0 Å². The van der Waals surface area contributed by atoms with E-state index in [4.69, 9.17) is 0 Å². The summed E-state index contributed by atoms with van der Waals surface area (Å²) < 4.78 is 21.9. The van der Waals surface area contributed by atoms with E-state index in [1.807, 2.05) is 0 Å². The molecule has 0 heterocycles. The van der Waals surface area contributed by atoms with Crippen LogP contribution in [0, 0.1) is 0 Å². The minimum atomic E-state index is -2.75. The summed E-state index contributed by atoms with van der Waals surface area (Å²) in [6.45, 7) is 2.26. The van der Waals surface area contributed by atoms with Crippen LogP contribution in [-0.2, 0) is 9.84 Å². The van der Waals surface area contributed by atoms with Gasteiger partial charge in [0.05, 0.1) is 0 Å². The summed E-state index contributed by atoms with van der Waals surface area (Å²) in [5.74, 6) is 0.352. The number of hydrogen-bond acceptors (Lipinski definition) is 2. The summed E-state index contributed by atoms with van der Waals surface area (Å²) in [6.07, 6.45) is 22.1. The molecule has 0 radical (unpaired) electrons. The molecule has 0 unspecified atom stereocenters. The van der Waals surface area contributed by atoms with E-state index in [-0.39, 0.29) is 0 Å². The van der Waals surface area contributed by atoms with E-state index in [1.165, 1.54) is 76.9 Å². The van der Waals surface area contributed by atoms with Crippen LogP contribution in [0.3, 0.4) is 0 Å². The fourth-order valence-electron chi connectivity index (χ4n) is 2.43. The second-order valence-electron chi connectivity index (χ2n) is 6.21. The minimum absolute atomic E-state index is 0.352. The average molecular weight is 317 g/mol. The molecule has 0 amide bonds. The molecule has 0 fully saturated rings. The van der Waals surface area contributed by atoms with E-state index < -0.39 is 9.84 Å². The van der Waals surface area contributed by atoms with Crippen molar-refractivity contribution < 1.29 is 8.42 Å². The van der Waals surface area contributed by atoms with Crippen molar-refractivity contribution in [1.82, 2.24) is 0 Å². The molecule has 0 bridgehead atoms. The van der Waals surface area contributed by atoms with E-state index >= 15 is 0 Å².